The molecule has 64 valence electrons. The molecule has 1 aliphatic rings. The van der Waals surface area contributed by atoms with Crippen molar-refractivity contribution in [2.75, 3.05) is 0 Å². The van der Waals surface area contributed by atoms with Crippen molar-refractivity contribution in [1.82, 2.24) is 4.98 Å². The summed E-state index contributed by atoms with van der Waals surface area (Å²) in [7, 11) is 0. The van der Waals surface area contributed by atoms with Gasteiger partial charge in [0.25, 0.3) is 0 Å². The van der Waals surface area contributed by atoms with Crippen molar-refractivity contribution >= 4 is 33.2 Å². The van der Waals surface area contributed by atoms with Crippen molar-refractivity contribution in [1.29, 1.82) is 0 Å². The normalized spacial score (nSPS) is 27.1. The molecular formula is C7H6BrNO2S. The van der Waals surface area contributed by atoms with Crippen molar-refractivity contribution in [3.8, 4) is 0 Å². The lowest BCUT2D eigenvalue weighted by molar-refractivity contribution is -0.138. The van der Waals surface area contributed by atoms with E-state index >= 15 is 0 Å². The van der Waals surface area contributed by atoms with Crippen LogP contribution in [0.1, 0.15) is 18.0 Å². The maximum Gasteiger partial charge on any atom is 0.307 e. The first-order valence-electron chi connectivity index (χ1n) is 3.52. The molecule has 1 aromatic rings. The Morgan fingerprint density at radius 1 is 1.83 bits per heavy atom. The summed E-state index contributed by atoms with van der Waals surface area (Å²) in [6.07, 6.45) is 0.742. The predicted molar refractivity (Wildman–Crippen MR) is 48.3 cm³/mol. The van der Waals surface area contributed by atoms with E-state index in [0.29, 0.717) is 0 Å². The van der Waals surface area contributed by atoms with Crippen LogP contribution in [0.4, 0.5) is 0 Å². The fourth-order valence-corrected chi connectivity index (χ4v) is 2.32. The number of aliphatic carboxylic acids is 1. The number of carboxylic acids is 1. The molecule has 5 heteroatoms. The number of carbonyl (C=O) groups is 1. The highest BCUT2D eigenvalue weighted by molar-refractivity contribution is 9.11. The topological polar surface area (TPSA) is 50.2 Å². The zero-order valence-corrected chi connectivity index (χ0v) is 8.43. The molecule has 0 unspecified atom stereocenters. The minimum absolute atomic E-state index is 0.157. The van der Waals surface area contributed by atoms with Crippen molar-refractivity contribution < 1.29 is 9.90 Å². The van der Waals surface area contributed by atoms with Crippen LogP contribution in [0.25, 0.3) is 0 Å². The molecule has 0 aliphatic heterocycles. The van der Waals surface area contributed by atoms with Crippen molar-refractivity contribution in [3.05, 3.63) is 15.0 Å². The van der Waals surface area contributed by atoms with Gasteiger partial charge in [0.05, 0.1) is 11.6 Å². The molecule has 1 fully saturated rings. The van der Waals surface area contributed by atoms with Crippen LogP contribution >= 0.6 is 27.3 Å². The molecule has 1 aromatic heterocycles. The highest BCUT2D eigenvalue weighted by Gasteiger charge is 2.45. The van der Waals surface area contributed by atoms with Gasteiger partial charge in [0.1, 0.15) is 0 Å². The van der Waals surface area contributed by atoms with E-state index in [1.165, 1.54) is 11.3 Å². The second-order valence-corrected chi connectivity index (χ2v) is 4.95. The third-order valence-electron chi connectivity index (χ3n) is 1.98. The largest absolute Gasteiger partial charge is 0.481 e. The fourth-order valence-electron chi connectivity index (χ4n) is 1.23. The molecule has 0 aromatic carbocycles. The Balaban J connectivity index is 2.10. The maximum atomic E-state index is 10.5. The predicted octanol–water partition coefficient (Wildman–Crippen LogP) is 2.09. The van der Waals surface area contributed by atoms with E-state index in [4.69, 9.17) is 5.11 Å². The Hall–Kier alpha value is -0.420. The zero-order valence-electron chi connectivity index (χ0n) is 6.03. The maximum absolute atomic E-state index is 10.5. The Bertz CT molecular complexity index is 325. The van der Waals surface area contributed by atoms with E-state index in [0.717, 1.165) is 16.0 Å². The lowest BCUT2D eigenvalue weighted by Gasteiger charge is -1.88. The molecule has 0 amide bonds. The van der Waals surface area contributed by atoms with E-state index in [-0.39, 0.29) is 11.8 Å². The van der Waals surface area contributed by atoms with E-state index in [1.54, 1.807) is 0 Å². The summed E-state index contributed by atoms with van der Waals surface area (Å²) in [6, 6.07) is 0. The molecule has 1 heterocycles. The van der Waals surface area contributed by atoms with E-state index in [2.05, 4.69) is 20.9 Å². The first-order valence-corrected chi connectivity index (χ1v) is 5.19. The number of rotatable bonds is 2. The molecule has 1 N–H and O–H groups in total. The molecule has 2 atom stereocenters. The number of nitrogens with zero attached hydrogens (tertiary/aromatic N) is 1. The minimum atomic E-state index is -0.705. The van der Waals surface area contributed by atoms with Gasteiger partial charge in [0.2, 0.25) is 0 Å². The van der Waals surface area contributed by atoms with Gasteiger partial charge in [-0.15, -0.1) is 11.3 Å². The van der Waals surface area contributed by atoms with Crippen LogP contribution in [0, 0.1) is 5.92 Å². The summed E-state index contributed by atoms with van der Waals surface area (Å²) in [5, 5.41) is 10.6. The number of hydrogen-bond acceptors (Lipinski definition) is 3. The zero-order chi connectivity index (χ0) is 8.72. The van der Waals surface area contributed by atoms with Crippen molar-refractivity contribution in [2.45, 2.75) is 12.3 Å². The van der Waals surface area contributed by atoms with Crippen LogP contribution in [0.15, 0.2) is 9.30 Å². The molecular weight excluding hydrogens is 242 g/mol. The number of thiazole rings is 1. The quantitative estimate of drug-likeness (QED) is 0.871. The summed E-state index contributed by atoms with van der Waals surface area (Å²) < 4.78 is 0.827. The fraction of sp³-hybridized carbons (Fsp3) is 0.429. The summed E-state index contributed by atoms with van der Waals surface area (Å²) >= 11 is 4.74. The van der Waals surface area contributed by atoms with Crippen LogP contribution in [0.5, 0.6) is 0 Å². The standard InChI is InChI=1S/C7H6BrNO2S/c8-7-9-5(2-12-7)3-1-4(3)6(10)11/h2-4H,1H2,(H,10,11)/t3-,4-/m1/s1. The van der Waals surface area contributed by atoms with Gasteiger partial charge < -0.3 is 5.11 Å². The number of hydrogen-bond donors (Lipinski definition) is 1. The van der Waals surface area contributed by atoms with Gasteiger partial charge in [-0.05, 0) is 22.4 Å². The van der Waals surface area contributed by atoms with Gasteiger partial charge >= 0.3 is 5.97 Å². The summed E-state index contributed by atoms with van der Waals surface area (Å²) in [4.78, 5) is 14.7. The van der Waals surface area contributed by atoms with E-state index in [1.807, 2.05) is 5.38 Å². The number of aromatic nitrogens is 1. The number of carboxylic acid groups (broad SMARTS) is 1. The molecule has 0 bridgehead atoms. The van der Waals surface area contributed by atoms with Crippen LogP contribution in [0.3, 0.4) is 0 Å². The average Bonchev–Trinajstić information content (AvgIpc) is 2.70. The Morgan fingerprint density at radius 2 is 2.58 bits per heavy atom. The van der Waals surface area contributed by atoms with E-state index < -0.39 is 5.97 Å². The lowest BCUT2D eigenvalue weighted by Crippen LogP contribution is -1.98. The van der Waals surface area contributed by atoms with E-state index in [9.17, 15) is 4.79 Å². The molecule has 0 saturated heterocycles. The smallest absolute Gasteiger partial charge is 0.307 e. The van der Waals surface area contributed by atoms with Gasteiger partial charge in [0.15, 0.2) is 3.92 Å². The highest BCUT2D eigenvalue weighted by atomic mass is 79.9. The molecule has 1 aliphatic carbocycles. The second kappa shape index (κ2) is 2.81. The molecule has 12 heavy (non-hydrogen) atoms. The van der Waals surface area contributed by atoms with Gasteiger partial charge in [-0.2, -0.15) is 0 Å². The SMILES string of the molecule is O=C(O)[C@@H]1C[C@H]1c1csc(Br)n1. The van der Waals surface area contributed by atoms with Crippen LogP contribution in [-0.2, 0) is 4.79 Å². The van der Waals surface area contributed by atoms with Gasteiger partial charge in [-0.3, -0.25) is 4.79 Å². The first kappa shape index (κ1) is 8.19. The average molecular weight is 248 g/mol. The Morgan fingerprint density at radius 3 is 3.00 bits per heavy atom. The van der Waals surface area contributed by atoms with Gasteiger partial charge in [0, 0.05) is 11.3 Å². The summed E-state index contributed by atoms with van der Waals surface area (Å²) in [5.41, 5.74) is 0.916. The molecule has 2 rings (SSSR count). The third kappa shape index (κ3) is 1.38. The Labute approximate surface area is 81.6 Å². The minimum Gasteiger partial charge on any atom is -0.481 e. The van der Waals surface area contributed by atoms with Crippen LogP contribution in [-0.4, -0.2) is 16.1 Å². The van der Waals surface area contributed by atoms with Gasteiger partial charge in [-0.1, -0.05) is 0 Å². The van der Waals surface area contributed by atoms with Crippen molar-refractivity contribution in [3.63, 3.8) is 0 Å². The molecule has 3 nitrogen and oxygen atoms in total. The lowest BCUT2D eigenvalue weighted by atomic mass is 10.2. The van der Waals surface area contributed by atoms with Gasteiger partial charge in [-0.25, -0.2) is 4.98 Å². The third-order valence-corrected chi connectivity index (χ3v) is 3.36. The molecule has 0 spiro atoms. The Kier molecular flexibility index (Phi) is 1.92. The molecule has 0 radical (unpaired) electrons. The summed E-state index contributed by atoms with van der Waals surface area (Å²) in [6.45, 7) is 0. The highest BCUT2D eigenvalue weighted by Crippen LogP contribution is 2.47. The number of halogens is 1. The van der Waals surface area contributed by atoms with Crippen molar-refractivity contribution in [2.24, 2.45) is 5.92 Å². The summed E-state index contributed by atoms with van der Waals surface area (Å²) in [5.74, 6) is -0.742. The second-order valence-electron chi connectivity index (χ2n) is 2.81. The molecule has 1 saturated carbocycles. The van der Waals surface area contributed by atoms with Crippen LogP contribution in [0.2, 0.25) is 0 Å². The first-order chi connectivity index (χ1) is 5.68. The monoisotopic (exact) mass is 247 g/mol. The van der Waals surface area contributed by atoms with Crippen LogP contribution < -0.4 is 0 Å².